The highest BCUT2D eigenvalue weighted by molar-refractivity contribution is 5.20. The topological polar surface area (TPSA) is 13.1 Å². The van der Waals surface area contributed by atoms with Crippen LogP contribution < -0.4 is 0 Å². The summed E-state index contributed by atoms with van der Waals surface area (Å²) < 4.78 is 4.83. The highest BCUT2D eigenvalue weighted by atomic mass is 16.3. The summed E-state index contributed by atoms with van der Waals surface area (Å²) in [5.41, 5.74) is 2.68. The first-order valence-corrected chi connectivity index (χ1v) is 4.72. The Labute approximate surface area is 85.4 Å². The molecule has 0 aliphatic heterocycles. The molecule has 0 radical (unpaired) electrons. The van der Waals surface area contributed by atoms with Crippen molar-refractivity contribution in [2.24, 2.45) is 0 Å². The lowest BCUT2D eigenvalue weighted by Crippen LogP contribution is -1.71. The van der Waals surface area contributed by atoms with Crippen LogP contribution in [0.4, 0.5) is 0 Å². The van der Waals surface area contributed by atoms with Crippen LogP contribution in [0.1, 0.15) is 16.9 Å². The monoisotopic (exact) mass is 188 g/mol. The predicted molar refractivity (Wildman–Crippen MR) is 59.4 cm³/mol. The average molecular weight is 188 g/mol. The molecule has 1 heteroatoms. The number of hydrogen-bond donors (Lipinski definition) is 0. The molecule has 0 saturated carbocycles. The summed E-state index contributed by atoms with van der Waals surface area (Å²) in [5.74, 6) is 0.968. The smallest absolute Gasteiger partial charge is 0.100 e. The van der Waals surface area contributed by atoms with Gasteiger partial charge in [-0.1, -0.05) is 35.4 Å². The number of aryl methyl sites for hydroxylation is 3. The van der Waals surface area contributed by atoms with Crippen molar-refractivity contribution in [1.29, 1.82) is 0 Å². The van der Waals surface area contributed by atoms with Crippen molar-refractivity contribution in [2.75, 3.05) is 0 Å². The van der Waals surface area contributed by atoms with Gasteiger partial charge in [-0.3, -0.25) is 0 Å². The van der Waals surface area contributed by atoms with Crippen LogP contribution in [0.3, 0.4) is 0 Å². The molecule has 0 spiro atoms. The van der Waals surface area contributed by atoms with E-state index in [2.05, 4.69) is 38.1 Å². The van der Waals surface area contributed by atoms with Crippen molar-refractivity contribution >= 4 is 0 Å². The number of furan rings is 1. The lowest BCUT2D eigenvalue weighted by Gasteiger charge is -1.90. The largest absolute Gasteiger partial charge is 0.470 e. The van der Waals surface area contributed by atoms with Crippen molar-refractivity contribution in [3.05, 3.63) is 59.5 Å². The molecule has 1 nitrogen and oxygen atoms in total. The van der Waals surface area contributed by atoms with Gasteiger partial charge < -0.3 is 4.42 Å². The van der Waals surface area contributed by atoms with Crippen LogP contribution >= 0.6 is 0 Å². The summed E-state index contributed by atoms with van der Waals surface area (Å²) in [5, 5.41) is 0. The van der Waals surface area contributed by atoms with Gasteiger partial charge in [0.25, 0.3) is 0 Å². The quantitative estimate of drug-likeness (QED) is 0.611. The van der Waals surface area contributed by atoms with Crippen molar-refractivity contribution < 1.29 is 4.42 Å². The second kappa shape index (κ2) is 5.28. The Hall–Kier alpha value is -1.50. The van der Waals surface area contributed by atoms with Gasteiger partial charge in [0.15, 0.2) is 0 Å². The molecule has 0 bridgehead atoms. The van der Waals surface area contributed by atoms with Crippen molar-refractivity contribution in [3.63, 3.8) is 0 Å². The third-order valence-electron chi connectivity index (χ3n) is 1.84. The van der Waals surface area contributed by atoms with Crippen molar-refractivity contribution in [3.8, 4) is 0 Å². The Morgan fingerprint density at radius 2 is 1.50 bits per heavy atom. The first-order chi connectivity index (χ1) is 6.68. The molecule has 14 heavy (non-hydrogen) atoms. The molecule has 2 rings (SSSR count). The molecule has 1 aromatic heterocycles. The highest BCUT2D eigenvalue weighted by Gasteiger charge is 1.80. The Bertz CT molecular complexity index is 343. The molecule has 0 N–H and O–H groups in total. The van der Waals surface area contributed by atoms with E-state index in [1.54, 1.807) is 6.26 Å². The third kappa shape index (κ3) is 3.94. The minimum atomic E-state index is 0.968. The summed E-state index contributed by atoms with van der Waals surface area (Å²) in [6.07, 6.45) is 1.66. The van der Waals surface area contributed by atoms with E-state index in [1.165, 1.54) is 11.1 Å². The van der Waals surface area contributed by atoms with Gasteiger partial charge in [0.05, 0.1) is 6.26 Å². The van der Waals surface area contributed by atoms with Crippen LogP contribution in [0.15, 0.2) is 47.1 Å². The fourth-order valence-corrected chi connectivity index (χ4v) is 1.17. The zero-order valence-electron chi connectivity index (χ0n) is 8.95. The zero-order chi connectivity index (χ0) is 10.4. The minimum absolute atomic E-state index is 0.968. The highest BCUT2D eigenvalue weighted by Crippen LogP contribution is 2.00. The van der Waals surface area contributed by atoms with E-state index >= 15 is 0 Å². The molecule has 0 saturated heterocycles. The first-order valence-electron chi connectivity index (χ1n) is 4.72. The molecular formula is C13H16O. The van der Waals surface area contributed by atoms with Crippen molar-refractivity contribution in [2.45, 2.75) is 20.8 Å². The molecule has 74 valence electrons. The molecular weight excluding hydrogens is 172 g/mol. The zero-order valence-corrected chi connectivity index (χ0v) is 8.95. The molecule has 0 amide bonds. The van der Waals surface area contributed by atoms with Gasteiger partial charge in [0.1, 0.15) is 5.76 Å². The lowest BCUT2D eigenvalue weighted by atomic mass is 10.2. The second-order valence-electron chi connectivity index (χ2n) is 3.38. The Morgan fingerprint density at radius 3 is 1.71 bits per heavy atom. The van der Waals surface area contributed by atoms with E-state index in [4.69, 9.17) is 4.42 Å². The van der Waals surface area contributed by atoms with E-state index in [0.717, 1.165) is 5.76 Å². The Morgan fingerprint density at radius 1 is 0.857 bits per heavy atom. The SMILES string of the molecule is Cc1cccc(C)c1.Cc1ccco1. The van der Waals surface area contributed by atoms with Crippen molar-refractivity contribution in [1.82, 2.24) is 0 Å². The summed E-state index contributed by atoms with van der Waals surface area (Å²) >= 11 is 0. The summed E-state index contributed by atoms with van der Waals surface area (Å²) in [6, 6.07) is 12.2. The van der Waals surface area contributed by atoms with Gasteiger partial charge in [-0.2, -0.15) is 0 Å². The summed E-state index contributed by atoms with van der Waals surface area (Å²) in [6.45, 7) is 6.12. The molecule has 0 atom stereocenters. The van der Waals surface area contributed by atoms with Crippen LogP contribution in [-0.4, -0.2) is 0 Å². The lowest BCUT2D eigenvalue weighted by molar-refractivity contribution is 0.534. The maximum atomic E-state index is 4.83. The van der Waals surface area contributed by atoms with Gasteiger partial charge >= 0.3 is 0 Å². The van der Waals surface area contributed by atoms with E-state index in [9.17, 15) is 0 Å². The van der Waals surface area contributed by atoms with E-state index in [1.807, 2.05) is 19.1 Å². The number of benzene rings is 1. The Balaban J connectivity index is 0.000000146. The van der Waals surface area contributed by atoms with Crippen LogP contribution in [0, 0.1) is 20.8 Å². The van der Waals surface area contributed by atoms with E-state index in [0.29, 0.717) is 0 Å². The normalized spacial score (nSPS) is 9.07. The van der Waals surface area contributed by atoms with Gasteiger partial charge in [0, 0.05) is 0 Å². The summed E-state index contributed by atoms with van der Waals surface area (Å²) in [7, 11) is 0. The predicted octanol–water partition coefficient (Wildman–Crippen LogP) is 3.89. The number of hydrogen-bond acceptors (Lipinski definition) is 1. The third-order valence-corrected chi connectivity index (χ3v) is 1.84. The van der Waals surface area contributed by atoms with Gasteiger partial charge in [-0.15, -0.1) is 0 Å². The maximum absolute atomic E-state index is 4.83. The minimum Gasteiger partial charge on any atom is -0.470 e. The van der Waals surface area contributed by atoms with Crippen LogP contribution in [-0.2, 0) is 0 Å². The van der Waals surface area contributed by atoms with E-state index in [-0.39, 0.29) is 0 Å². The second-order valence-corrected chi connectivity index (χ2v) is 3.38. The first kappa shape index (κ1) is 10.6. The van der Waals surface area contributed by atoms with Crippen LogP contribution in [0.25, 0.3) is 0 Å². The molecule has 0 aliphatic carbocycles. The van der Waals surface area contributed by atoms with Crippen LogP contribution in [0.2, 0.25) is 0 Å². The molecule has 1 heterocycles. The van der Waals surface area contributed by atoms with Crippen LogP contribution in [0.5, 0.6) is 0 Å². The molecule has 0 fully saturated rings. The Kier molecular flexibility index (Phi) is 3.99. The fraction of sp³-hybridized carbons (Fsp3) is 0.231. The van der Waals surface area contributed by atoms with Gasteiger partial charge in [-0.05, 0) is 32.9 Å². The fourth-order valence-electron chi connectivity index (χ4n) is 1.17. The molecule has 2 aromatic rings. The molecule has 0 unspecified atom stereocenters. The number of rotatable bonds is 0. The maximum Gasteiger partial charge on any atom is 0.100 e. The summed E-state index contributed by atoms with van der Waals surface area (Å²) in [4.78, 5) is 0. The standard InChI is InChI=1S/C8H10.C5H6O/c1-7-4-3-5-8(2)6-7;1-5-3-2-4-6-5/h3-6H,1-2H3;2-4H,1H3. The van der Waals surface area contributed by atoms with E-state index < -0.39 is 0 Å². The van der Waals surface area contributed by atoms with Gasteiger partial charge in [-0.25, -0.2) is 0 Å². The molecule has 1 aromatic carbocycles. The molecule has 0 aliphatic rings. The average Bonchev–Trinajstić information content (AvgIpc) is 2.56. The van der Waals surface area contributed by atoms with Gasteiger partial charge in [0.2, 0.25) is 0 Å².